The van der Waals surface area contributed by atoms with Crippen molar-refractivity contribution in [1.29, 1.82) is 0 Å². The molecule has 1 saturated carbocycles. The Morgan fingerprint density at radius 1 is 1.17 bits per heavy atom. The molecule has 6 atom stereocenters. The van der Waals surface area contributed by atoms with Crippen molar-refractivity contribution in [3.63, 3.8) is 0 Å². The molecular formula is C42H56N4O6. The summed E-state index contributed by atoms with van der Waals surface area (Å²) in [7, 11) is 1.85. The molecule has 0 radical (unpaired) electrons. The number of carbonyl (C=O) groups is 3. The van der Waals surface area contributed by atoms with E-state index in [9.17, 15) is 19.5 Å². The van der Waals surface area contributed by atoms with E-state index in [1.54, 1.807) is 18.3 Å². The number of nitrogens with zero attached hydrogens (tertiary/aromatic N) is 1. The standard InChI is InChI=1S/C42H56N4O6/c1-6-44-35-21-30-11-8-7-10-29(30)20-32(35)24-51-40(50)42-39(49)37-31(18-26(2)3)12-9-13-34(37)38(48)41(42,52-42)22-33(23-47)27(4)14-15-28-16-17-45-36(19-28)46-25-43-5/h8-9,11-13,16-17,19,26,29-30,32,35,43-44,47H,6-7,10,14-15,18,20-25H2,1-5H3,(H,45,46)/b33-27-/t29-,30+,32+,35-,41-,42-/m0/s1. The topological polar surface area (TPSA) is 142 Å². The average Bonchev–Trinajstić information content (AvgIpc) is 3.85. The van der Waals surface area contributed by atoms with Crippen molar-refractivity contribution in [1.82, 2.24) is 15.6 Å². The molecule has 4 N–H and O–H groups in total. The van der Waals surface area contributed by atoms with Gasteiger partial charge in [0.15, 0.2) is 11.4 Å². The van der Waals surface area contributed by atoms with Crippen LogP contribution < -0.4 is 16.0 Å². The highest BCUT2D eigenvalue weighted by molar-refractivity contribution is 6.33. The lowest BCUT2D eigenvalue weighted by atomic mass is 9.68. The third kappa shape index (κ3) is 7.27. The van der Waals surface area contributed by atoms with Crippen LogP contribution in [0.2, 0.25) is 0 Å². The van der Waals surface area contributed by atoms with Crippen LogP contribution in [0.25, 0.3) is 0 Å². The number of hydrogen-bond acceptors (Lipinski definition) is 10. The van der Waals surface area contributed by atoms with Gasteiger partial charge in [-0.05, 0) is 112 Å². The SMILES string of the molecule is CCN[C@H]1C[C@H]2C=CCC[C@H]2C[C@@H]1COC(=O)[C@]12O[C@@]1(C/C(CO)=C(\C)CCc1ccnc(NCNC)c1)C(=O)c1cccc(CC(C)C)c1C2=O. The zero-order chi connectivity index (χ0) is 37.0. The van der Waals surface area contributed by atoms with Crippen molar-refractivity contribution < 1.29 is 29.0 Å². The van der Waals surface area contributed by atoms with Crippen LogP contribution in [-0.4, -0.2) is 78.3 Å². The Bertz CT molecular complexity index is 1720. The molecule has 1 aliphatic heterocycles. The third-order valence-corrected chi connectivity index (χ3v) is 11.7. The molecule has 2 heterocycles. The highest BCUT2D eigenvalue weighted by Gasteiger charge is 2.85. The van der Waals surface area contributed by atoms with E-state index in [4.69, 9.17) is 9.47 Å². The first-order chi connectivity index (χ1) is 25.1. The van der Waals surface area contributed by atoms with Crippen LogP contribution >= 0.6 is 0 Å². The third-order valence-electron chi connectivity index (χ3n) is 11.7. The molecule has 0 bridgehead atoms. The number of anilines is 1. The fourth-order valence-electron chi connectivity index (χ4n) is 8.86. The summed E-state index contributed by atoms with van der Waals surface area (Å²) in [6, 6.07) is 9.43. The van der Waals surface area contributed by atoms with Crippen LogP contribution in [0.15, 0.2) is 59.8 Å². The molecule has 4 aliphatic rings. The van der Waals surface area contributed by atoms with Gasteiger partial charge in [0.05, 0.1) is 19.9 Å². The Hall–Kier alpha value is -3.70. The number of aromatic nitrogens is 1. The van der Waals surface area contributed by atoms with E-state index in [1.807, 2.05) is 32.2 Å². The molecule has 280 valence electrons. The minimum atomic E-state index is -2.09. The quantitative estimate of drug-likeness (QED) is 0.0571. The minimum Gasteiger partial charge on any atom is -0.463 e. The minimum absolute atomic E-state index is 0.0757. The first kappa shape index (κ1) is 38.0. The molecule has 2 aromatic rings. The number of aliphatic hydroxyl groups is 1. The van der Waals surface area contributed by atoms with E-state index in [-0.39, 0.29) is 48.6 Å². The normalized spacial score (nSPS) is 28.1. The Balaban J connectivity index is 1.29. The second kappa shape index (κ2) is 16.1. The van der Waals surface area contributed by atoms with Gasteiger partial charge in [0, 0.05) is 35.7 Å². The number of fused-ring (bicyclic) bond motifs is 3. The molecule has 0 amide bonds. The van der Waals surface area contributed by atoms with Gasteiger partial charge in [-0.15, -0.1) is 0 Å². The zero-order valence-electron chi connectivity index (χ0n) is 31.4. The molecule has 0 unspecified atom stereocenters. The number of rotatable bonds is 16. The Morgan fingerprint density at radius 2 is 2.00 bits per heavy atom. The number of aryl methyl sites for hydroxylation is 1. The highest BCUT2D eigenvalue weighted by atomic mass is 16.7. The molecule has 6 rings (SSSR count). The van der Waals surface area contributed by atoms with Crippen molar-refractivity contribution in [3.8, 4) is 0 Å². The maximum Gasteiger partial charge on any atom is 0.350 e. The summed E-state index contributed by atoms with van der Waals surface area (Å²) in [4.78, 5) is 48.2. The molecule has 2 fully saturated rings. The molecule has 1 saturated heterocycles. The molecule has 3 aliphatic carbocycles. The van der Waals surface area contributed by atoms with Crippen LogP contribution in [-0.2, 0) is 27.1 Å². The maximum absolute atomic E-state index is 14.7. The van der Waals surface area contributed by atoms with Gasteiger partial charge in [-0.25, -0.2) is 9.78 Å². The second-order valence-electron chi connectivity index (χ2n) is 15.6. The molecular weight excluding hydrogens is 656 g/mol. The van der Waals surface area contributed by atoms with Crippen LogP contribution in [0, 0.1) is 23.7 Å². The number of ether oxygens (including phenoxy) is 2. The number of aliphatic hydroxyl groups excluding tert-OH is 1. The number of epoxide rings is 1. The number of Topliss-reactive ketones (excluding diaryl/α,β-unsaturated/α-hetero) is 2. The summed E-state index contributed by atoms with van der Waals surface area (Å²) in [5.41, 5.74) is -0.0911. The molecule has 1 aromatic heterocycles. The first-order valence-corrected chi connectivity index (χ1v) is 19.2. The van der Waals surface area contributed by atoms with Crippen molar-refractivity contribution in [3.05, 3.63) is 82.1 Å². The molecule has 0 spiro atoms. The van der Waals surface area contributed by atoms with E-state index >= 15 is 0 Å². The van der Waals surface area contributed by atoms with Gasteiger partial charge >= 0.3 is 5.97 Å². The predicted molar refractivity (Wildman–Crippen MR) is 201 cm³/mol. The van der Waals surface area contributed by atoms with Crippen molar-refractivity contribution >= 4 is 23.4 Å². The van der Waals surface area contributed by atoms with E-state index in [2.05, 4.69) is 53.9 Å². The van der Waals surface area contributed by atoms with Crippen LogP contribution in [0.1, 0.15) is 98.1 Å². The largest absolute Gasteiger partial charge is 0.463 e. The molecule has 10 heteroatoms. The van der Waals surface area contributed by atoms with E-state index in [0.717, 1.165) is 54.7 Å². The average molecular weight is 713 g/mol. The van der Waals surface area contributed by atoms with Gasteiger partial charge in [-0.2, -0.15) is 0 Å². The second-order valence-corrected chi connectivity index (χ2v) is 15.6. The van der Waals surface area contributed by atoms with Gasteiger partial charge in [-0.3, -0.25) is 9.59 Å². The zero-order valence-corrected chi connectivity index (χ0v) is 31.4. The summed E-state index contributed by atoms with van der Waals surface area (Å²) in [6.07, 6.45) is 12.2. The van der Waals surface area contributed by atoms with Crippen molar-refractivity contribution in [2.75, 3.05) is 38.8 Å². The number of allylic oxidation sites excluding steroid dienone is 3. The summed E-state index contributed by atoms with van der Waals surface area (Å²) >= 11 is 0. The van der Waals surface area contributed by atoms with E-state index < -0.39 is 28.7 Å². The predicted octanol–water partition coefficient (Wildman–Crippen LogP) is 5.60. The van der Waals surface area contributed by atoms with Gasteiger partial charge in [-0.1, -0.05) is 56.7 Å². The lowest BCUT2D eigenvalue weighted by Gasteiger charge is -2.42. The van der Waals surface area contributed by atoms with E-state index in [1.165, 1.54) is 0 Å². The van der Waals surface area contributed by atoms with Gasteiger partial charge in [0.25, 0.3) is 5.60 Å². The Kier molecular flexibility index (Phi) is 11.8. The lowest BCUT2D eigenvalue weighted by Crippen LogP contribution is -2.52. The number of hydrogen-bond donors (Lipinski definition) is 4. The van der Waals surface area contributed by atoms with Gasteiger partial charge in [0.1, 0.15) is 5.82 Å². The molecule has 10 nitrogen and oxygen atoms in total. The van der Waals surface area contributed by atoms with Crippen LogP contribution in [0.3, 0.4) is 0 Å². The van der Waals surface area contributed by atoms with Gasteiger partial charge in [0.2, 0.25) is 5.78 Å². The molecule has 52 heavy (non-hydrogen) atoms. The number of pyridine rings is 1. The van der Waals surface area contributed by atoms with Crippen LogP contribution in [0.5, 0.6) is 0 Å². The lowest BCUT2D eigenvalue weighted by molar-refractivity contribution is -0.150. The maximum atomic E-state index is 14.7. The monoisotopic (exact) mass is 712 g/mol. The summed E-state index contributed by atoms with van der Waals surface area (Å²) in [5, 5.41) is 20.6. The summed E-state index contributed by atoms with van der Waals surface area (Å²) in [5.74, 6) is 0.384. The van der Waals surface area contributed by atoms with E-state index in [0.29, 0.717) is 43.3 Å². The fraction of sp³-hybridized carbons (Fsp3) is 0.571. The van der Waals surface area contributed by atoms with Crippen LogP contribution in [0.4, 0.5) is 5.82 Å². The number of nitrogens with one attached hydrogen (secondary N) is 3. The number of esters is 1. The Morgan fingerprint density at radius 3 is 2.75 bits per heavy atom. The number of carbonyl (C=O) groups excluding carboxylic acids is 3. The highest BCUT2D eigenvalue weighted by Crippen LogP contribution is 2.60. The first-order valence-electron chi connectivity index (χ1n) is 19.2. The Labute approximate surface area is 308 Å². The van der Waals surface area contributed by atoms with Gasteiger partial charge < -0.3 is 30.5 Å². The summed E-state index contributed by atoms with van der Waals surface area (Å²) < 4.78 is 12.4. The summed E-state index contributed by atoms with van der Waals surface area (Å²) in [6.45, 7) is 9.32. The number of ketones is 2. The molecule has 1 aromatic carbocycles. The van der Waals surface area contributed by atoms with Crippen molar-refractivity contribution in [2.24, 2.45) is 23.7 Å². The smallest absolute Gasteiger partial charge is 0.350 e. The number of benzene rings is 1. The fourth-order valence-corrected chi connectivity index (χ4v) is 8.86. The van der Waals surface area contributed by atoms with Crippen molar-refractivity contribution in [2.45, 2.75) is 96.3 Å².